The molecule has 0 aliphatic heterocycles. The standard InChI is InChI=1S/C10H23NO/c1-3-5-6-10(4-2)9-12-8-7-11/h10H,3-9,11H2,1-2H3. The van der Waals surface area contributed by atoms with E-state index in [0.29, 0.717) is 13.2 Å². The number of rotatable bonds is 8. The van der Waals surface area contributed by atoms with Crippen LogP contribution in [0.1, 0.15) is 39.5 Å². The van der Waals surface area contributed by atoms with Gasteiger partial charge in [-0.2, -0.15) is 0 Å². The van der Waals surface area contributed by atoms with Crippen LogP contribution in [0.25, 0.3) is 0 Å². The number of hydrogen-bond donors (Lipinski definition) is 1. The molecule has 0 aromatic heterocycles. The van der Waals surface area contributed by atoms with Gasteiger partial charge in [0.15, 0.2) is 0 Å². The van der Waals surface area contributed by atoms with Gasteiger partial charge in [-0.3, -0.25) is 0 Å². The van der Waals surface area contributed by atoms with Gasteiger partial charge in [-0.1, -0.05) is 33.1 Å². The summed E-state index contributed by atoms with van der Waals surface area (Å²) in [6.45, 7) is 6.71. The number of ether oxygens (including phenoxy) is 1. The van der Waals surface area contributed by atoms with Gasteiger partial charge in [-0.25, -0.2) is 0 Å². The highest BCUT2D eigenvalue weighted by Gasteiger charge is 2.04. The van der Waals surface area contributed by atoms with E-state index in [1.165, 1.54) is 25.7 Å². The Balaban J connectivity index is 3.26. The lowest BCUT2D eigenvalue weighted by molar-refractivity contribution is 0.0998. The van der Waals surface area contributed by atoms with Gasteiger partial charge in [0, 0.05) is 13.2 Å². The van der Waals surface area contributed by atoms with E-state index < -0.39 is 0 Å². The minimum absolute atomic E-state index is 0.643. The Hall–Kier alpha value is -0.0800. The molecule has 0 aliphatic rings. The maximum Gasteiger partial charge on any atom is 0.0588 e. The molecule has 0 fully saturated rings. The Labute approximate surface area is 76.5 Å². The summed E-state index contributed by atoms with van der Waals surface area (Å²) < 4.78 is 5.41. The molecule has 0 saturated heterocycles. The third-order valence-corrected chi connectivity index (χ3v) is 2.16. The molecular formula is C10H23NO. The van der Waals surface area contributed by atoms with Gasteiger partial charge >= 0.3 is 0 Å². The second kappa shape index (κ2) is 9.01. The Morgan fingerprint density at radius 1 is 1.33 bits per heavy atom. The molecule has 12 heavy (non-hydrogen) atoms. The van der Waals surface area contributed by atoms with E-state index in [1.807, 2.05) is 0 Å². The van der Waals surface area contributed by atoms with E-state index in [4.69, 9.17) is 10.5 Å². The highest BCUT2D eigenvalue weighted by atomic mass is 16.5. The van der Waals surface area contributed by atoms with Crippen molar-refractivity contribution in [3.63, 3.8) is 0 Å². The van der Waals surface area contributed by atoms with E-state index in [9.17, 15) is 0 Å². The molecule has 0 aromatic carbocycles. The maximum absolute atomic E-state index is 5.41. The molecule has 0 bridgehead atoms. The zero-order valence-corrected chi connectivity index (χ0v) is 8.51. The van der Waals surface area contributed by atoms with Crippen LogP contribution in [-0.2, 0) is 4.74 Å². The molecule has 2 heteroatoms. The molecule has 0 heterocycles. The number of hydrogen-bond acceptors (Lipinski definition) is 2. The van der Waals surface area contributed by atoms with Gasteiger partial charge in [0.05, 0.1) is 6.61 Å². The summed E-state index contributed by atoms with van der Waals surface area (Å²) in [5.41, 5.74) is 5.33. The van der Waals surface area contributed by atoms with Crippen molar-refractivity contribution in [2.24, 2.45) is 11.7 Å². The molecule has 0 rings (SSSR count). The predicted molar refractivity (Wildman–Crippen MR) is 53.2 cm³/mol. The first kappa shape index (κ1) is 11.9. The molecule has 0 spiro atoms. The summed E-state index contributed by atoms with van der Waals surface area (Å²) in [7, 11) is 0. The molecule has 74 valence electrons. The number of unbranched alkanes of at least 4 members (excludes halogenated alkanes) is 1. The first-order valence-corrected chi connectivity index (χ1v) is 5.12. The largest absolute Gasteiger partial charge is 0.380 e. The minimum atomic E-state index is 0.643. The van der Waals surface area contributed by atoms with Gasteiger partial charge in [-0.05, 0) is 12.3 Å². The molecule has 2 nitrogen and oxygen atoms in total. The van der Waals surface area contributed by atoms with Crippen LogP contribution in [0.2, 0.25) is 0 Å². The fraction of sp³-hybridized carbons (Fsp3) is 1.00. The highest BCUT2D eigenvalue weighted by Crippen LogP contribution is 2.12. The Kier molecular flexibility index (Phi) is 8.95. The quantitative estimate of drug-likeness (QED) is 0.571. The normalized spacial score (nSPS) is 13.2. The number of nitrogens with two attached hydrogens (primary N) is 1. The topological polar surface area (TPSA) is 35.2 Å². The first-order chi connectivity index (χ1) is 5.85. The smallest absolute Gasteiger partial charge is 0.0588 e. The van der Waals surface area contributed by atoms with E-state index >= 15 is 0 Å². The summed E-state index contributed by atoms with van der Waals surface area (Å²) in [4.78, 5) is 0. The van der Waals surface area contributed by atoms with Gasteiger partial charge in [0.25, 0.3) is 0 Å². The van der Waals surface area contributed by atoms with Crippen LogP contribution >= 0.6 is 0 Å². The summed E-state index contributed by atoms with van der Waals surface area (Å²) in [6, 6.07) is 0. The predicted octanol–water partition coefficient (Wildman–Crippen LogP) is 2.18. The molecule has 0 saturated carbocycles. The van der Waals surface area contributed by atoms with Gasteiger partial charge in [-0.15, -0.1) is 0 Å². The molecule has 1 unspecified atom stereocenters. The van der Waals surface area contributed by atoms with E-state index in [1.54, 1.807) is 0 Å². The molecule has 0 amide bonds. The van der Waals surface area contributed by atoms with E-state index in [0.717, 1.165) is 12.5 Å². The monoisotopic (exact) mass is 173 g/mol. The molecule has 0 aromatic rings. The van der Waals surface area contributed by atoms with Crippen molar-refractivity contribution in [2.75, 3.05) is 19.8 Å². The summed E-state index contributed by atoms with van der Waals surface area (Å²) in [5.74, 6) is 0.747. The van der Waals surface area contributed by atoms with Crippen LogP contribution < -0.4 is 5.73 Å². The Bertz CT molecular complexity index is 85.9. The van der Waals surface area contributed by atoms with Crippen molar-refractivity contribution in [1.29, 1.82) is 0 Å². The lowest BCUT2D eigenvalue weighted by Gasteiger charge is -2.13. The first-order valence-electron chi connectivity index (χ1n) is 5.12. The van der Waals surface area contributed by atoms with Crippen molar-refractivity contribution in [2.45, 2.75) is 39.5 Å². The minimum Gasteiger partial charge on any atom is -0.380 e. The van der Waals surface area contributed by atoms with E-state index in [2.05, 4.69) is 13.8 Å². The van der Waals surface area contributed by atoms with Crippen LogP contribution in [0, 0.1) is 5.92 Å². The van der Waals surface area contributed by atoms with Crippen molar-refractivity contribution in [3.05, 3.63) is 0 Å². The molecular weight excluding hydrogens is 150 g/mol. The van der Waals surface area contributed by atoms with Crippen LogP contribution in [0.4, 0.5) is 0 Å². The molecule has 1 atom stereocenters. The third kappa shape index (κ3) is 6.62. The maximum atomic E-state index is 5.41. The molecule has 2 N–H and O–H groups in total. The average molecular weight is 173 g/mol. The second-order valence-electron chi connectivity index (χ2n) is 3.28. The van der Waals surface area contributed by atoms with Crippen LogP contribution in [0.3, 0.4) is 0 Å². The zero-order valence-electron chi connectivity index (χ0n) is 8.51. The van der Waals surface area contributed by atoms with Crippen molar-refractivity contribution in [1.82, 2.24) is 0 Å². The highest BCUT2D eigenvalue weighted by molar-refractivity contribution is 4.55. The van der Waals surface area contributed by atoms with Crippen LogP contribution in [-0.4, -0.2) is 19.8 Å². The van der Waals surface area contributed by atoms with Crippen molar-refractivity contribution >= 4 is 0 Å². The fourth-order valence-electron chi connectivity index (χ4n) is 1.23. The van der Waals surface area contributed by atoms with Crippen molar-refractivity contribution in [3.8, 4) is 0 Å². The third-order valence-electron chi connectivity index (χ3n) is 2.16. The molecule has 0 radical (unpaired) electrons. The van der Waals surface area contributed by atoms with Crippen molar-refractivity contribution < 1.29 is 4.74 Å². The van der Waals surface area contributed by atoms with Gasteiger partial charge in [0.2, 0.25) is 0 Å². The van der Waals surface area contributed by atoms with Gasteiger partial charge in [0.1, 0.15) is 0 Å². The Morgan fingerprint density at radius 2 is 2.08 bits per heavy atom. The summed E-state index contributed by atoms with van der Waals surface area (Å²) >= 11 is 0. The van der Waals surface area contributed by atoms with Crippen LogP contribution in [0.15, 0.2) is 0 Å². The van der Waals surface area contributed by atoms with Gasteiger partial charge < -0.3 is 10.5 Å². The summed E-state index contributed by atoms with van der Waals surface area (Å²) in [6.07, 6.45) is 5.14. The Morgan fingerprint density at radius 3 is 2.58 bits per heavy atom. The lowest BCUT2D eigenvalue weighted by Crippen LogP contribution is -2.14. The fourth-order valence-corrected chi connectivity index (χ4v) is 1.23. The average Bonchev–Trinajstić information content (AvgIpc) is 2.11. The second-order valence-corrected chi connectivity index (χ2v) is 3.28. The lowest BCUT2D eigenvalue weighted by atomic mass is 10.0. The SMILES string of the molecule is CCCCC(CC)COCCN. The zero-order chi connectivity index (χ0) is 9.23. The van der Waals surface area contributed by atoms with E-state index in [-0.39, 0.29) is 0 Å². The summed E-state index contributed by atoms with van der Waals surface area (Å²) in [5, 5.41) is 0. The van der Waals surface area contributed by atoms with Crippen LogP contribution in [0.5, 0.6) is 0 Å². The molecule has 0 aliphatic carbocycles.